The minimum Gasteiger partial charge on any atom is -0.374 e. The fourth-order valence-corrected chi connectivity index (χ4v) is 1.76. The molecule has 0 spiro atoms. The first kappa shape index (κ1) is 17.2. The molecule has 0 bridgehead atoms. The van der Waals surface area contributed by atoms with E-state index in [2.05, 4.69) is 17.2 Å². The van der Waals surface area contributed by atoms with Gasteiger partial charge < -0.3 is 15.8 Å². The van der Waals surface area contributed by atoms with E-state index in [0.717, 1.165) is 0 Å². The Balaban J connectivity index is 2.82. The summed E-state index contributed by atoms with van der Waals surface area (Å²) in [6.07, 6.45) is 0. The second-order valence-corrected chi connectivity index (χ2v) is 5.08. The lowest BCUT2D eigenvalue weighted by Gasteiger charge is -2.24. The molecule has 0 saturated carbocycles. The maximum atomic E-state index is 13.7. The van der Waals surface area contributed by atoms with Crippen LogP contribution in [0.3, 0.4) is 0 Å². The maximum Gasteiger partial charge on any atom is 0.254 e. The minimum atomic E-state index is -0.583. The summed E-state index contributed by atoms with van der Waals surface area (Å²) in [5, 5.41) is 2.67. The van der Waals surface area contributed by atoms with Gasteiger partial charge in [-0.1, -0.05) is 11.8 Å². The molecule has 0 radical (unpaired) electrons. The van der Waals surface area contributed by atoms with Crippen molar-refractivity contribution in [3.8, 4) is 11.8 Å². The molecule has 0 atom stereocenters. The third-order valence-electron chi connectivity index (χ3n) is 2.76. The summed E-state index contributed by atoms with van der Waals surface area (Å²) in [6, 6.07) is 4.16. The van der Waals surface area contributed by atoms with Gasteiger partial charge in [-0.05, 0) is 39.0 Å². The molecule has 5 heteroatoms. The topological polar surface area (TPSA) is 64.3 Å². The molecule has 0 heterocycles. The van der Waals surface area contributed by atoms with Crippen molar-refractivity contribution in [1.29, 1.82) is 0 Å². The van der Waals surface area contributed by atoms with Crippen LogP contribution >= 0.6 is 0 Å². The molecule has 0 aliphatic rings. The van der Waals surface area contributed by atoms with Gasteiger partial charge in [-0.2, -0.15) is 0 Å². The average Bonchev–Trinajstić information content (AvgIpc) is 2.44. The van der Waals surface area contributed by atoms with Crippen molar-refractivity contribution in [2.45, 2.75) is 26.4 Å². The Bertz CT molecular complexity index is 559. The Morgan fingerprint density at radius 2 is 2.19 bits per heavy atom. The van der Waals surface area contributed by atoms with Crippen LogP contribution in [0.2, 0.25) is 0 Å². The smallest absolute Gasteiger partial charge is 0.254 e. The predicted molar refractivity (Wildman–Crippen MR) is 80.4 cm³/mol. The number of benzene rings is 1. The first-order valence-corrected chi connectivity index (χ1v) is 6.80. The highest BCUT2D eigenvalue weighted by atomic mass is 19.1. The van der Waals surface area contributed by atoms with Crippen LogP contribution in [-0.4, -0.2) is 31.2 Å². The predicted octanol–water partition coefficient (Wildman–Crippen LogP) is 1.68. The van der Waals surface area contributed by atoms with Gasteiger partial charge in [0.2, 0.25) is 0 Å². The maximum absolute atomic E-state index is 13.7. The zero-order valence-corrected chi connectivity index (χ0v) is 12.6. The molecule has 4 nitrogen and oxygen atoms in total. The van der Waals surface area contributed by atoms with Crippen molar-refractivity contribution in [3.05, 3.63) is 35.1 Å². The number of halogens is 1. The summed E-state index contributed by atoms with van der Waals surface area (Å²) in [4.78, 5) is 12.1. The summed E-state index contributed by atoms with van der Waals surface area (Å²) >= 11 is 0. The Morgan fingerprint density at radius 1 is 1.48 bits per heavy atom. The SMILES string of the molecule is CCOC(C)(C)CNC(=O)c1cc(C#CCN)ccc1F. The van der Waals surface area contributed by atoms with Crippen molar-refractivity contribution in [2.24, 2.45) is 5.73 Å². The lowest BCUT2D eigenvalue weighted by molar-refractivity contribution is -0.00818. The lowest BCUT2D eigenvalue weighted by atomic mass is 10.1. The van der Waals surface area contributed by atoms with Crippen molar-refractivity contribution >= 4 is 5.91 Å². The third kappa shape index (κ3) is 5.54. The minimum absolute atomic E-state index is 0.0360. The van der Waals surface area contributed by atoms with Gasteiger partial charge in [0.1, 0.15) is 5.82 Å². The normalized spacial score (nSPS) is 10.7. The number of carbonyl (C=O) groups excluding carboxylic acids is 1. The molecule has 21 heavy (non-hydrogen) atoms. The van der Waals surface area contributed by atoms with Crippen LogP contribution in [0.1, 0.15) is 36.7 Å². The monoisotopic (exact) mass is 292 g/mol. The highest BCUT2D eigenvalue weighted by Crippen LogP contribution is 2.12. The summed E-state index contributed by atoms with van der Waals surface area (Å²) in [6.45, 7) is 6.63. The van der Waals surface area contributed by atoms with Crippen molar-refractivity contribution in [1.82, 2.24) is 5.32 Å². The summed E-state index contributed by atoms with van der Waals surface area (Å²) < 4.78 is 19.2. The fourth-order valence-electron chi connectivity index (χ4n) is 1.76. The molecule has 1 aromatic carbocycles. The van der Waals surface area contributed by atoms with E-state index in [-0.39, 0.29) is 18.7 Å². The van der Waals surface area contributed by atoms with Crippen LogP contribution in [0.5, 0.6) is 0 Å². The molecule has 0 aliphatic heterocycles. The zero-order valence-electron chi connectivity index (χ0n) is 12.6. The van der Waals surface area contributed by atoms with E-state index in [1.807, 2.05) is 20.8 Å². The highest BCUT2D eigenvalue weighted by molar-refractivity contribution is 5.94. The number of ether oxygens (including phenoxy) is 1. The number of rotatable bonds is 5. The highest BCUT2D eigenvalue weighted by Gasteiger charge is 2.20. The second-order valence-electron chi connectivity index (χ2n) is 5.08. The Labute approximate surface area is 124 Å². The van der Waals surface area contributed by atoms with Gasteiger partial charge in [0.05, 0.1) is 17.7 Å². The molecule has 114 valence electrons. The number of hydrogen-bond donors (Lipinski definition) is 2. The average molecular weight is 292 g/mol. The fraction of sp³-hybridized carbons (Fsp3) is 0.438. The number of nitrogens with two attached hydrogens (primary N) is 1. The quantitative estimate of drug-likeness (QED) is 0.812. The summed E-state index contributed by atoms with van der Waals surface area (Å²) in [7, 11) is 0. The van der Waals surface area contributed by atoms with E-state index in [0.29, 0.717) is 12.2 Å². The van der Waals surface area contributed by atoms with Crippen LogP contribution in [-0.2, 0) is 4.74 Å². The molecule has 0 aliphatic carbocycles. The van der Waals surface area contributed by atoms with Crippen molar-refractivity contribution in [3.63, 3.8) is 0 Å². The van der Waals surface area contributed by atoms with Crippen LogP contribution in [0.15, 0.2) is 18.2 Å². The van der Waals surface area contributed by atoms with E-state index in [1.54, 1.807) is 0 Å². The van der Waals surface area contributed by atoms with E-state index >= 15 is 0 Å². The Kier molecular flexibility index (Phi) is 6.35. The van der Waals surface area contributed by atoms with Gasteiger partial charge in [-0.3, -0.25) is 4.79 Å². The first-order valence-electron chi connectivity index (χ1n) is 6.80. The molecule has 0 unspecified atom stereocenters. The molecule has 0 saturated heterocycles. The van der Waals surface area contributed by atoms with Crippen LogP contribution in [0.25, 0.3) is 0 Å². The van der Waals surface area contributed by atoms with Gasteiger partial charge in [-0.15, -0.1) is 0 Å². The van der Waals surface area contributed by atoms with Gasteiger partial charge in [0, 0.05) is 18.7 Å². The molecule has 1 rings (SSSR count). The summed E-state index contributed by atoms with van der Waals surface area (Å²) in [5.74, 6) is 4.37. The summed E-state index contributed by atoms with van der Waals surface area (Å²) in [5.41, 5.74) is 5.30. The van der Waals surface area contributed by atoms with Gasteiger partial charge >= 0.3 is 0 Å². The van der Waals surface area contributed by atoms with Crippen molar-refractivity contribution in [2.75, 3.05) is 19.7 Å². The van der Waals surface area contributed by atoms with Gasteiger partial charge in [0.15, 0.2) is 0 Å². The number of hydrogen-bond acceptors (Lipinski definition) is 3. The van der Waals surface area contributed by atoms with Gasteiger partial charge in [0.25, 0.3) is 5.91 Å². The molecule has 1 aromatic rings. The number of carbonyl (C=O) groups is 1. The molecule has 1 amide bonds. The molecular weight excluding hydrogens is 271 g/mol. The van der Waals surface area contributed by atoms with Crippen LogP contribution < -0.4 is 11.1 Å². The second kappa shape index (κ2) is 7.77. The number of amides is 1. The third-order valence-corrected chi connectivity index (χ3v) is 2.76. The molecule has 0 fully saturated rings. The molecular formula is C16H21FN2O2. The van der Waals surface area contributed by atoms with Crippen LogP contribution in [0, 0.1) is 17.7 Å². The standard InChI is InChI=1S/C16H21FN2O2/c1-4-21-16(2,3)11-19-15(20)13-10-12(6-5-9-18)7-8-14(13)17/h7-8,10H,4,9,11,18H2,1-3H3,(H,19,20). The van der Waals surface area contributed by atoms with E-state index in [1.165, 1.54) is 18.2 Å². The zero-order chi connectivity index (χ0) is 15.9. The van der Waals surface area contributed by atoms with Gasteiger partial charge in [-0.25, -0.2) is 4.39 Å². The lowest BCUT2D eigenvalue weighted by Crippen LogP contribution is -2.40. The molecule has 0 aromatic heterocycles. The van der Waals surface area contributed by atoms with E-state index < -0.39 is 17.3 Å². The van der Waals surface area contributed by atoms with E-state index in [4.69, 9.17) is 10.5 Å². The van der Waals surface area contributed by atoms with E-state index in [9.17, 15) is 9.18 Å². The first-order chi connectivity index (χ1) is 9.89. The Morgan fingerprint density at radius 3 is 2.81 bits per heavy atom. The van der Waals surface area contributed by atoms with Crippen molar-refractivity contribution < 1.29 is 13.9 Å². The van der Waals surface area contributed by atoms with Crippen LogP contribution in [0.4, 0.5) is 4.39 Å². The number of nitrogens with one attached hydrogen (secondary N) is 1. The largest absolute Gasteiger partial charge is 0.374 e. The molecule has 3 N–H and O–H groups in total. The Hall–Kier alpha value is -1.90.